The first-order valence-electron chi connectivity index (χ1n) is 7.53. The first kappa shape index (κ1) is 20.6. The number of alkyl halides is 5. The Bertz CT molecular complexity index is 848. The average Bonchev–Trinajstić information content (AvgIpc) is 2.57. The summed E-state index contributed by atoms with van der Waals surface area (Å²) in [6.45, 7) is 3.36. The number of halogens is 6. The minimum absolute atomic E-state index is 0.133. The van der Waals surface area contributed by atoms with E-state index in [0.717, 1.165) is 24.3 Å². The first-order chi connectivity index (χ1) is 12.4. The first-order valence-corrected chi connectivity index (χ1v) is 7.53. The lowest BCUT2D eigenvalue weighted by atomic mass is 9.99. The molecule has 144 valence electrons. The van der Waals surface area contributed by atoms with Crippen LogP contribution in [0.25, 0.3) is 0 Å². The van der Waals surface area contributed by atoms with Crippen molar-refractivity contribution >= 4 is 0 Å². The average molecular weight is 389 g/mol. The van der Waals surface area contributed by atoms with Crippen LogP contribution in [0, 0.1) is 17.1 Å². The lowest BCUT2D eigenvalue weighted by Crippen LogP contribution is -2.35. The van der Waals surface area contributed by atoms with E-state index in [4.69, 9.17) is 10.00 Å². The van der Waals surface area contributed by atoms with Crippen molar-refractivity contribution in [2.75, 3.05) is 0 Å². The van der Waals surface area contributed by atoms with E-state index in [1.165, 1.54) is 0 Å². The van der Waals surface area contributed by atoms with Gasteiger partial charge in [-0.1, -0.05) is 12.7 Å². The molecule has 0 fully saturated rings. The summed E-state index contributed by atoms with van der Waals surface area (Å²) in [5.41, 5.74) is -1.92. The molecule has 1 N–H and O–H groups in total. The van der Waals surface area contributed by atoms with Crippen LogP contribution >= 0.6 is 0 Å². The summed E-state index contributed by atoms with van der Waals surface area (Å²) in [6.07, 6.45) is -8.73. The topological polar surface area (TPSA) is 53.2 Å². The summed E-state index contributed by atoms with van der Waals surface area (Å²) in [7, 11) is 0. The number of rotatable bonds is 2. The third-order valence-corrected chi connectivity index (χ3v) is 3.73. The van der Waals surface area contributed by atoms with E-state index < -0.39 is 53.8 Å². The lowest BCUT2D eigenvalue weighted by Gasteiger charge is -2.24. The molecule has 0 unspecified atom stereocenters. The maximum absolute atomic E-state index is 14.0. The zero-order chi connectivity index (χ0) is 20.4. The quantitative estimate of drug-likeness (QED) is 0.740. The van der Waals surface area contributed by atoms with Crippen LogP contribution in [0.3, 0.4) is 0 Å². The number of hydrogen-bond acceptors (Lipinski definition) is 3. The molecule has 1 atom stereocenters. The van der Waals surface area contributed by atoms with Gasteiger partial charge in [0.05, 0.1) is 11.6 Å². The van der Waals surface area contributed by atoms with Crippen LogP contribution in [0.4, 0.5) is 26.3 Å². The number of benzene rings is 1. The van der Waals surface area contributed by atoms with Crippen molar-refractivity contribution < 1.29 is 36.2 Å². The molecule has 0 spiro atoms. The normalized spacial score (nSPS) is 24.4. The van der Waals surface area contributed by atoms with Crippen molar-refractivity contribution in [1.29, 1.82) is 5.26 Å². The fourth-order valence-electron chi connectivity index (χ4n) is 2.34. The van der Waals surface area contributed by atoms with Gasteiger partial charge >= 0.3 is 6.18 Å². The van der Waals surface area contributed by atoms with Gasteiger partial charge in [0.25, 0.3) is 5.92 Å². The number of aliphatic hydroxyl groups excluding tert-OH is 1. The number of aliphatic hydroxyl groups is 1. The predicted molar refractivity (Wildman–Crippen MR) is 83.3 cm³/mol. The van der Waals surface area contributed by atoms with Crippen LogP contribution in [0.1, 0.15) is 18.4 Å². The molecule has 9 heteroatoms. The molecular formula is C18H13F6NO2. The van der Waals surface area contributed by atoms with Crippen LogP contribution in [0.5, 0.6) is 5.75 Å². The highest BCUT2D eigenvalue weighted by molar-refractivity contribution is 5.40. The monoisotopic (exact) mass is 389 g/mol. The fourth-order valence-corrected chi connectivity index (χ4v) is 2.34. The van der Waals surface area contributed by atoms with Crippen LogP contribution in [0.15, 0.2) is 53.8 Å². The molecule has 1 aromatic carbocycles. The van der Waals surface area contributed by atoms with Gasteiger partial charge in [-0.2, -0.15) is 18.4 Å². The van der Waals surface area contributed by atoms with Gasteiger partial charge in [-0.25, -0.2) is 13.2 Å². The van der Waals surface area contributed by atoms with Crippen molar-refractivity contribution in [3.05, 3.63) is 65.2 Å². The summed E-state index contributed by atoms with van der Waals surface area (Å²) in [4.78, 5) is 0. The Kier molecular flexibility index (Phi) is 5.70. The summed E-state index contributed by atoms with van der Waals surface area (Å²) in [6, 6.07) is 4.48. The van der Waals surface area contributed by atoms with Gasteiger partial charge in [-0.05, 0) is 23.8 Å². The molecule has 0 radical (unpaired) electrons. The third-order valence-electron chi connectivity index (χ3n) is 3.73. The fraction of sp³-hybridized carbons (Fsp3) is 0.278. The number of nitriles is 1. The highest BCUT2D eigenvalue weighted by Gasteiger charge is 2.44. The van der Waals surface area contributed by atoms with Crippen molar-refractivity contribution in [3.8, 4) is 11.8 Å². The Morgan fingerprint density at radius 2 is 1.89 bits per heavy atom. The molecule has 0 saturated carbocycles. The van der Waals surface area contributed by atoms with Gasteiger partial charge in [0.1, 0.15) is 23.4 Å². The van der Waals surface area contributed by atoms with Gasteiger partial charge in [0.2, 0.25) is 0 Å². The largest absolute Gasteiger partial charge is 0.457 e. The maximum Gasteiger partial charge on any atom is 0.412 e. The maximum atomic E-state index is 14.0. The van der Waals surface area contributed by atoms with Crippen LogP contribution in [0.2, 0.25) is 0 Å². The lowest BCUT2D eigenvalue weighted by molar-refractivity contribution is -0.125. The Morgan fingerprint density at radius 3 is 2.48 bits per heavy atom. The zero-order valence-corrected chi connectivity index (χ0v) is 13.7. The molecule has 0 aromatic heterocycles. The number of nitrogens with zero attached hydrogens (tertiary/aromatic N) is 1. The van der Waals surface area contributed by atoms with Gasteiger partial charge in [-0.3, -0.25) is 0 Å². The van der Waals surface area contributed by atoms with E-state index in [1.54, 1.807) is 6.07 Å². The Morgan fingerprint density at radius 1 is 1.22 bits per heavy atom. The van der Waals surface area contributed by atoms with E-state index in [-0.39, 0.29) is 11.3 Å². The van der Waals surface area contributed by atoms with E-state index in [9.17, 15) is 31.4 Å². The molecule has 0 amide bonds. The van der Waals surface area contributed by atoms with E-state index in [1.807, 2.05) is 0 Å². The Labute approximate surface area is 150 Å². The summed E-state index contributed by atoms with van der Waals surface area (Å²) >= 11 is 0. The minimum atomic E-state index is -4.95. The standard InChI is InChI=1S/C18H13F6NO2/c1-10-8-17(20,21)16(26)6-12(18(22,23)24)2-3-15(10)27-14-5-11(9-25)4-13(19)7-14/h2-5,7,16,26H,1,6,8H2/b12-2+,15-3+/t16-/m0/s1. The molecule has 0 saturated heterocycles. The SMILES string of the molecule is C=C1CC(F)(F)[C@@H](O)C/C(C(F)(F)F)=C\C=C/1Oc1cc(F)cc(C#N)c1. The van der Waals surface area contributed by atoms with Crippen molar-refractivity contribution in [2.24, 2.45) is 0 Å². The van der Waals surface area contributed by atoms with E-state index in [0.29, 0.717) is 6.08 Å². The number of hydrogen-bond donors (Lipinski definition) is 1. The molecular weight excluding hydrogens is 376 g/mol. The van der Waals surface area contributed by atoms with Crippen LogP contribution < -0.4 is 4.74 Å². The van der Waals surface area contributed by atoms with Gasteiger partial charge in [0.15, 0.2) is 0 Å². The molecule has 3 nitrogen and oxygen atoms in total. The van der Waals surface area contributed by atoms with Crippen molar-refractivity contribution in [3.63, 3.8) is 0 Å². The molecule has 1 aliphatic rings. The second-order valence-corrected chi connectivity index (χ2v) is 5.87. The number of allylic oxidation sites excluding steroid dienone is 3. The number of ether oxygens (including phenoxy) is 1. The second-order valence-electron chi connectivity index (χ2n) is 5.87. The smallest absolute Gasteiger partial charge is 0.412 e. The summed E-state index contributed by atoms with van der Waals surface area (Å²) < 4.78 is 85.8. The van der Waals surface area contributed by atoms with E-state index >= 15 is 0 Å². The highest BCUT2D eigenvalue weighted by atomic mass is 19.4. The van der Waals surface area contributed by atoms with Gasteiger partial charge < -0.3 is 9.84 Å². The van der Waals surface area contributed by atoms with Crippen molar-refractivity contribution in [1.82, 2.24) is 0 Å². The molecule has 2 rings (SSSR count). The van der Waals surface area contributed by atoms with Gasteiger partial charge in [-0.15, -0.1) is 0 Å². The summed E-state index contributed by atoms with van der Waals surface area (Å²) in [5.74, 6) is -5.50. The predicted octanol–water partition coefficient (Wildman–Crippen LogP) is 4.79. The van der Waals surface area contributed by atoms with Crippen molar-refractivity contribution in [2.45, 2.75) is 31.0 Å². The molecule has 27 heavy (non-hydrogen) atoms. The third kappa shape index (κ3) is 5.14. The second kappa shape index (κ2) is 7.48. The van der Waals surface area contributed by atoms with Crippen LogP contribution in [-0.4, -0.2) is 23.3 Å². The Balaban J connectivity index is 2.48. The molecule has 0 heterocycles. The zero-order valence-electron chi connectivity index (χ0n) is 13.7. The van der Waals surface area contributed by atoms with Crippen LogP contribution in [-0.2, 0) is 0 Å². The summed E-state index contributed by atoms with van der Waals surface area (Å²) in [5, 5.41) is 18.3. The molecule has 1 aliphatic carbocycles. The minimum Gasteiger partial charge on any atom is -0.457 e. The highest BCUT2D eigenvalue weighted by Crippen LogP contribution is 2.38. The molecule has 1 aromatic rings. The van der Waals surface area contributed by atoms with Gasteiger partial charge in [0, 0.05) is 24.5 Å². The molecule has 0 aliphatic heterocycles. The molecule has 0 bridgehead atoms. The Hall–Kier alpha value is -2.73. The van der Waals surface area contributed by atoms with E-state index in [2.05, 4.69) is 6.58 Å².